The molecule has 0 saturated carbocycles. The maximum atomic E-state index is 12.3. The number of aromatic nitrogens is 1. The van der Waals surface area contributed by atoms with Gasteiger partial charge in [0.25, 0.3) is 0 Å². The largest absolute Gasteiger partial charge is 0.316 e. The van der Waals surface area contributed by atoms with Gasteiger partial charge in [-0.2, -0.15) is 0 Å². The lowest BCUT2D eigenvalue weighted by molar-refractivity contribution is -0.126. The Balaban J connectivity index is 2.16. The van der Waals surface area contributed by atoms with Gasteiger partial charge in [-0.1, -0.05) is 6.07 Å². The number of anilines is 1. The maximum Gasteiger partial charge on any atom is 0.235 e. The summed E-state index contributed by atoms with van der Waals surface area (Å²) in [5.41, 5.74) is -0.285. The zero-order chi connectivity index (χ0) is 11.6. The summed E-state index contributed by atoms with van der Waals surface area (Å²) in [6, 6.07) is 5.59. The van der Waals surface area contributed by atoms with Crippen LogP contribution in [0.5, 0.6) is 0 Å². The third kappa shape index (κ3) is 1.93. The highest BCUT2D eigenvalue weighted by molar-refractivity contribution is 5.96. The molecule has 4 nitrogen and oxygen atoms in total. The van der Waals surface area contributed by atoms with E-state index in [2.05, 4.69) is 10.3 Å². The van der Waals surface area contributed by atoms with Crippen LogP contribution in [0.3, 0.4) is 0 Å². The molecule has 0 aromatic carbocycles. The molecule has 2 heterocycles. The molecule has 1 fully saturated rings. The molecule has 0 spiro atoms. The fraction of sp³-hybridized carbons (Fsp3) is 0.500. The van der Waals surface area contributed by atoms with Gasteiger partial charge in [0.15, 0.2) is 0 Å². The Morgan fingerprint density at radius 3 is 2.94 bits per heavy atom. The summed E-state index contributed by atoms with van der Waals surface area (Å²) in [5, 5.41) is 3.23. The topological polar surface area (TPSA) is 45.2 Å². The van der Waals surface area contributed by atoms with Crippen LogP contribution in [-0.4, -0.2) is 31.0 Å². The van der Waals surface area contributed by atoms with E-state index >= 15 is 0 Å². The van der Waals surface area contributed by atoms with E-state index in [1.807, 2.05) is 25.1 Å². The second-order valence-electron chi connectivity index (χ2n) is 4.54. The lowest BCUT2D eigenvalue weighted by Crippen LogP contribution is -2.42. The minimum atomic E-state index is -0.285. The molecule has 86 valence electrons. The Morgan fingerprint density at radius 1 is 1.56 bits per heavy atom. The van der Waals surface area contributed by atoms with Gasteiger partial charge >= 0.3 is 0 Å². The molecule has 1 aliphatic rings. The number of pyridine rings is 1. The van der Waals surface area contributed by atoms with Crippen LogP contribution in [0.1, 0.15) is 13.3 Å². The van der Waals surface area contributed by atoms with E-state index in [1.165, 1.54) is 0 Å². The van der Waals surface area contributed by atoms with Gasteiger partial charge in [-0.05, 0) is 32.0 Å². The predicted molar refractivity (Wildman–Crippen MR) is 63.2 cm³/mol. The first-order valence-electron chi connectivity index (χ1n) is 5.53. The van der Waals surface area contributed by atoms with Gasteiger partial charge in [0.1, 0.15) is 5.82 Å². The van der Waals surface area contributed by atoms with Gasteiger partial charge in [-0.25, -0.2) is 4.98 Å². The predicted octanol–water partition coefficient (Wildman–Crippen LogP) is 1.04. The zero-order valence-corrected chi connectivity index (χ0v) is 9.73. The number of hydrogen-bond acceptors (Lipinski definition) is 3. The van der Waals surface area contributed by atoms with Crippen molar-refractivity contribution in [1.82, 2.24) is 10.3 Å². The molecule has 1 amide bonds. The minimum Gasteiger partial charge on any atom is -0.316 e. The Bertz CT molecular complexity index is 371. The van der Waals surface area contributed by atoms with Crippen LogP contribution in [0.25, 0.3) is 0 Å². The van der Waals surface area contributed by atoms with Gasteiger partial charge in [0.2, 0.25) is 5.91 Å². The second kappa shape index (κ2) is 4.22. The smallest absolute Gasteiger partial charge is 0.235 e. The van der Waals surface area contributed by atoms with Crippen molar-refractivity contribution in [2.24, 2.45) is 5.41 Å². The Hall–Kier alpha value is -1.42. The van der Waals surface area contributed by atoms with Crippen LogP contribution in [0.4, 0.5) is 5.82 Å². The molecule has 1 atom stereocenters. The number of nitrogens with zero attached hydrogens (tertiary/aromatic N) is 2. The average Bonchev–Trinajstić information content (AvgIpc) is 2.77. The molecule has 4 heteroatoms. The van der Waals surface area contributed by atoms with Gasteiger partial charge in [0.05, 0.1) is 5.41 Å². The summed E-state index contributed by atoms with van der Waals surface area (Å²) in [6.45, 7) is 3.68. The lowest BCUT2D eigenvalue weighted by atomic mass is 9.88. The van der Waals surface area contributed by atoms with Crippen LogP contribution in [0.2, 0.25) is 0 Å². The first-order valence-corrected chi connectivity index (χ1v) is 5.53. The van der Waals surface area contributed by atoms with Crippen LogP contribution in [0.15, 0.2) is 24.4 Å². The molecule has 1 unspecified atom stereocenters. The molecule has 1 aliphatic heterocycles. The molecule has 1 saturated heterocycles. The fourth-order valence-electron chi connectivity index (χ4n) is 2.06. The molecule has 2 rings (SSSR count). The lowest BCUT2D eigenvalue weighted by Gasteiger charge is -2.27. The van der Waals surface area contributed by atoms with Crippen LogP contribution in [0, 0.1) is 5.41 Å². The van der Waals surface area contributed by atoms with Crippen molar-refractivity contribution >= 4 is 11.7 Å². The summed E-state index contributed by atoms with van der Waals surface area (Å²) in [6.07, 6.45) is 2.59. The van der Waals surface area contributed by atoms with E-state index in [9.17, 15) is 4.79 Å². The first-order chi connectivity index (χ1) is 7.63. The summed E-state index contributed by atoms with van der Waals surface area (Å²) in [5.74, 6) is 0.844. The number of rotatable bonds is 2. The summed E-state index contributed by atoms with van der Waals surface area (Å²) >= 11 is 0. The highest BCUT2D eigenvalue weighted by atomic mass is 16.2. The van der Waals surface area contributed by atoms with Crippen molar-refractivity contribution in [1.29, 1.82) is 0 Å². The Morgan fingerprint density at radius 2 is 2.38 bits per heavy atom. The molecular weight excluding hydrogens is 202 g/mol. The third-order valence-corrected chi connectivity index (χ3v) is 3.18. The van der Waals surface area contributed by atoms with Crippen molar-refractivity contribution in [3.05, 3.63) is 24.4 Å². The van der Waals surface area contributed by atoms with Crippen LogP contribution in [-0.2, 0) is 4.79 Å². The van der Waals surface area contributed by atoms with Crippen molar-refractivity contribution in [3.63, 3.8) is 0 Å². The molecular formula is C12H17N3O. The van der Waals surface area contributed by atoms with E-state index in [0.29, 0.717) is 5.82 Å². The number of amides is 1. The Kier molecular flexibility index (Phi) is 2.92. The third-order valence-electron chi connectivity index (χ3n) is 3.18. The molecule has 0 radical (unpaired) electrons. The molecule has 0 aliphatic carbocycles. The van der Waals surface area contributed by atoms with Crippen molar-refractivity contribution in [3.8, 4) is 0 Å². The van der Waals surface area contributed by atoms with E-state index in [4.69, 9.17) is 0 Å². The zero-order valence-electron chi connectivity index (χ0n) is 9.73. The van der Waals surface area contributed by atoms with Crippen molar-refractivity contribution in [2.45, 2.75) is 13.3 Å². The summed E-state index contributed by atoms with van der Waals surface area (Å²) < 4.78 is 0. The normalized spacial score (nSPS) is 24.4. The van der Waals surface area contributed by atoms with E-state index in [0.717, 1.165) is 19.5 Å². The molecule has 16 heavy (non-hydrogen) atoms. The minimum absolute atomic E-state index is 0.135. The van der Waals surface area contributed by atoms with Gasteiger partial charge in [-0.3, -0.25) is 9.69 Å². The second-order valence-corrected chi connectivity index (χ2v) is 4.54. The standard InChI is InChI=1S/C12H17N3O/c1-12(6-8-13-9-12)11(16)15(2)10-5-3-4-7-14-10/h3-5,7,13H,6,8-9H2,1-2H3. The van der Waals surface area contributed by atoms with Crippen molar-refractivity contribution < 1.29 is 4.79 Å². The molecule has 0 bridgehead atoms. The SMILES string of the molecule is CN(C(=O)C1(C)CCNC1)c1ccccn1. The summed E-state index contributed by atoms with van der Waals surface area (Å²) in [7, 11) is 1.79. The fourth-order valence-corrected chi connectivity index (χ4v) is 2.06. The molecule has 1 N–H and O–H groups in total. The highest BCUT2D eigenvalue weighted by Crippen LogP contribution is 2.28. The quantitative estimate of drug-likeness (QED) is 0.808. The first kappa shape index (κ1) is 11.1. The molecule has 1 aromatic rings. The highest BCUT2D eigenvalue weighted by Gasteiger charge is 2.38. The molecule has 1 aromatic heterocycles. The number of hydrogen-bond donors (Lipinski definition) is 1. The number of nitrogens with one attached hydrogen (secondary N) is 1. The average molecular weight is 219 g/mol. The van der Waals surface area contributed by atoms with Gasteiger partial charge in [0, 0.05) is 19.8 Å². The summed E-state index contributed by atoms with van der Waals surface area (Å²) in [4.78, 5) is 18.1. The van der Waals surface area contributed by atoms with E-state index in [1.54, 1.807) is 18.1 Å². The monoisotopic (exact) mass is 219 g/mol. The Labute approximate surface area is 95.7 Å². The van der Waals surface area contributed by atoms with Gasteiger partial charge in [-0.15, -0.1) is 0 Å². The number of carbonyl (C=O) groups excluding carboxylic acids is 1. The van der Waals surface area contributed by atoms with Crippen LogP contribution < -0.4 is 10.2 Å². The van der Waals surface area contributed by atoms with E-state index < -0.39 is 0 Å². The number of carbonyl (C=O) groups is 1. The van der Waals surface area contributed by atoms with E-state index in [-0.39, 0.29) is 11.3 Å². The van der Waals surface area contributed by atoms with Gasteiger partial charge < -0.3 is 5.32 Å². The maximum absolute atomic E-state index is 12.3. The van der Waals surface area contributed by atoms with Crippen LogP contribution >= 0.6 is 0 Å². The van der Waals surface area contributed by atoms with Crippen molar-refractivity contribution in [2.75, 3.05) is 25.0 Å².